The molecule has 1 spiro atoms. The van der Waals surface area contributed by atoms with Crippen LogP contribution in [0.3, 0.4) is 0 Å². The van der Waals surface area contributed by atoms with Crippen LogP contribution in [0.5, 0.6) is 0 Å². The van der Waals surface area contributed by atoms with Crippen molar-refractivity contribution in [3.05, 3.63) is 65.2 Å². The van der Waals surface area contributed by atoms with Crippen molar-refractivity contribution in [1.29, 1.82) is 0 Å². The molecule has 0 aromatic heterocycles. The second kappa shape index (κ2) is 9.54. The van der Waals surface area contributed by atoms with Gasteiger partial charge < -0.3 is 4.90 Å². The van der Waals surface area contributed by atoms with E-state index in [0.717, 1.165) is 37.1 Å². The maximum Gasteiger partial charge on any atom is 0.241 e. The van der Waals surface area contributed by atoms with Crippen molar-refractivity contribution in [3.8, 4) is 0 Å². The van der Waals surface area contributed by atoms with Crippen molar-refractivity contribution in [2.75, 3.05) is 31.1 Å². The lowest BCUT2D eigenvalue weighted by molar-refractivity contribution is -0.120. The van der Waals surface area contributed by atoms with Gasteiger partial charge in [-0.1, -0.05) is 37.5 Å². The first-order chi connectivity index (χ1) is 16.0. The molecule has 2 fully saturated rings. The van der Waals surface area contributed by atoms with Gasteiger partial charge in [-0.25, -0.2) is 8.78 Å². The fourth-order valence-electron chi connectivity index (χ4n) is 6.34. The van der Waals surface area contributed by atoms with E-state index in [2.05, 4.69) is 4.90 Å². The quantitative estimate of drug-likeness (QED) is 0.548. The van der Waals surface area contributed by atoms with Gasteiger partial charge in [0.15, 0.2) is 0 Å². The highest BCUT2D eigenvalue weighted by Crippen LogP contribution is 2.44. The molecule has 2 heterocycles. The lowest BCUT2D eigenvalue weighted by Crippen LogP contribution is -2.46. The molecule has 1 atom stereocenters. The summed E-state index contributed by atoms with van der Waals surface area (Å²) in [6.07, 6.45) is 10.8. The molecule has 0 radical (unpaired) electrons. The van der Waals surface area contributed by atoms with E-state index in [1.807, 2.05) is 0 Å². The molecule has 2 aromatic carbocycles. The summed E-state index contributed by atoms with van der Waals surface area (Å²) in [7, 11) is 0. The van der Waals surface area contributed by atoms with E-state index in [-0.39, 0.29) is 23.5 Å². The topological polar surface area (TPSA) is 23.6 Å². The number of rotatable bonds is 3. The molecule has 1 saturated heterocycles. The third kappa shape index (κ3) is 4.84. The van der Waals surface area contributed by atoms with Crippen molar-refractivity contribution < 1.29 is 13.6 Å². The van der Waals surface area contributed by atoms with Crippen LogP contribution in [0.25, 0.3) is 0 Å². The van der Waals surface area contributed by atoms with Gasteiger partial charge in [-0.3, -0.25) is 9.69 Å². The molecular formula is C28H34F2N2O. The Kier molecular flexibility index (Phi) is 6.51. The molecule has 1 unspecified atom stereocenters. The molecule has 176 valence electrons. The predicted octanol–water partition coefficient (Wildman–Crippen LogP) is 6.27. The molecule has 2 aromatic rings. The van der Waals surface area contributed by atoms with Gasteiger partial charge in [0.1, 0.15) is 11.6 Å². The fraction of sp³-hybridized carbons (Fsp3) is 0.536. The summed E-state index contributed by atoms with van der Waals surface area (Å²) in [6.45, 7) is 2.94. The zero-order valence-corrected chi connectivity index (χ0v) is 19.4. The van der Waals surface area contributed by atoms with E-state index in [9.17, 15) is 13.6 Å². The number of hydrogen-bond donors (Lipinski definition) is 0. The lowest BCUT2D eigenvalue weighted by atomic mass is 9.68. The van der Waals surface area contributed by atoms with Crippen LogP contribution in [0.4, 0.5) is 14.5 Å². The van der Waals surface area contributed by atoms with Crippen molar-refractivity contribution in [2.45, 2.75) is 63.7 Å². The molecule has 0 N–H and O–H groups in total. The number of nitrogens with zero attached hydrogens (tertiary/aromatic N) is 2. The Morgan fingerprint density at radius 1 is 0.848 bits per heavy atom. The van der Waals surface area contributed by atoms with Crippen LogP contribution in [0.15, 0.2) is 42.5 Å². The third-order valence-corrected chi connectivity index (χ3v) is 8.30. The molecule has 33 heavy (non-hydrogen) atoms. The molecule has 1 saturated carbocycles. The van der Waals surface area contributed by atoms with Crippen LogP contribution in [0.2, 0.25) is 0 Å². The van der Waals surface area contributed by atoms with Gasteiger partial charge in [0.05, 0.1) is 12.2 Å². The van der Waals surface area contributed by atoms with Crippen molar-refractivity contribution in [1.82, 2.24) is 4.90 Å². The first-order valence-electron chi connectivity index (χ1n) is 12.6. The fourth-order valence-corrected chi connectivity index (χ4v) is 6.34. The van der Waals surface area contributed by atoms with Gasteiger partial charge >= 0.3 is 0 Å². The van der Waals surface area contributed by atoms with Crippen LogP contribution >= 0.6 is 0 Å². The Balaban J connectivity index is 1.33. The van der Waals surface area contributed by atoms with Crippen LogP contribution in [-0.2, 0) is 4.79 Å². The Hall–Kier alpha value is -2.27. The predicted molar refractivity (Wildman–Crippen MR) is 127 cm³/mol. The molecule has 5 heteroatoms. The highest BCUT2D eigenvalue weighted by atomic mass is 19.1. The zero-order valence-electron chi connectivity index (χ0n) is 19.4. The zero-order chi connectivity index (χ0) is 22.8. The monoisotopic (exact) mass is 452 g/mol. The van der Waals surface area contributed by atoms with E-state index in [1.54, 1.807) is 23.1 Å². The van der Waals surface area contributed by atoms with E-state index in [0.29, 0.717) is 24.2 Å². The Bertz CT molecular complexity index is 974. The van der Waals surface area contributed by atoms with Gasteiger partial charge in [-0.05, 0) is 92.4 Å². The number of anilines is 1. The molecule has 3 aliphatic rings. The van der Waals surface area contributed by atoms with Crippen LogP contribution in [0, 0.1) is 17.0 Å². The molecule has 1 amide bonds. The summed E-state index contributed by atoms with van der Waals surface area (Å²) < 4.78 is 27.8. The largest absolute Gasteiger partial charge is 0.311 e. The van der Waals surface area contributed by atoms with Gasteiger partial charge in [-0.15, -0.1) is 0 Å². The van der Waals surface area contributed by atoms with Crippen LogP contribution in [-0.4, -0.2) is 37.0 Å². The van der Waals surface area contributed by atoms with Gasteiger partial charge in [0.25, 0.3) is 0 Å². The normalized spacial score (nSPS) is 23.2. The van der Waals surface area contributed by atoms with Gasteiger partial charge in [-0.2, -0.15) is 0 Å². The summed E-state index contributed by atoms with van der Waals surface area (Å²) in [5.74, 6) is -0.509. The highest BCUT2D eigenvalue weighted by Gasteiger charge is 2.36. The van der Waals surface area contributed by atoms with E-state index in [4.69, 9.17) is 0 Å². The summed E-state index contributed by atoms with van der Waals surface area (Å²) >= 11 is 0. The first-order valence-corrected chi connectivity index (χ1v) is 12.6. The van der Waals surface area contributed by atoms with Crippen molar-refractivity contribution in [2.24, 2.45) is 5.41 Å². The van der Waals surface area contributed by atoms with Gasteiger partial charge in [0, 0.05) is 12.5 Å². The number of amides is 1. The van der Waals surface area contributed by atoms with Crippen molar-refractivity contribution >= 4 is 11.6 Å². The van der Waals surface area contributed by atoms with E-state index >= 15 is 0 Å². The van der Waals surface area contributed by atoms with Crippen LogP contribution < -0.4 is 4.90 Å². The standard InChI is InChI=1S/C28H34F2N2O/c29-22-8-6-21(7-9-22)24-5-4-16-32(26-19-23(30)10-11-25(24)26)27(33)20-31-17-14-28(15-18-31)12-2-1-3-13-28/h6-11,19,24H,1-5,12-18,20H2. The molecule has 1 aliphatic carbocycles. The number of likely N-dealkylation sites (tertiary alicyclic amines) is 1. The third-order valence-electron chi connectivity index (χ3n) is 8.30. The Labute approximate surface area is 195 Å². The van der Waals surface area contributed by atoms with Crippen LogP contribution in [0.1, 0.15) is 74.8 Å². The number of hydrogen-bond acceptors (Lipinski definition) is 2. The Morgan fingerprint density at radius 2 is 1.55 bits per heavy atom. The smallest absolute Gasteiger partial charge is 0.241 e. The molecular weight excluding hydrogens is 418 g/mol. The first kappa shape index (κ1) is 22.5. The molecule has 5 rings (SSSR count). The maximum absolute atomic E-state index is 14.3. The lowest BCUT2D eigenvalue weighted by Gasteiger charge is -2.44. The minimum atomic E-state index is -0.330. The molecule has 3 nitrogen and oxygen atoms in total. The SMILES string of the molecule is O=C(CN1CCC2(CCCCC2)CC1)N1CCCC(c2ccc(F)cc2)c2ccc(F)cc21. The second-order valence-electron chi connectivity index (χ2n) is 10.3. The number of fused-ring (bicyclic) bond motifs is 1. The number of benzene rings is 2. The minimum Gasteiger partial charge on any atom is -0.311 e. The maximum atomic E-state index is 14.3. The second-order valence-corrected chi connectivity index (χ2v) is 10.3. The van der Waals surface area contributed by atoms with Crippen molar-refractivity contribution in [3.63, 3.8) is 0 Å². The number of piperidine rings is 1. The minimum absolute atomic E-state index is 0.0279. The van der Waals surface area contributed by atoms with Gasteiger partial charge in [0.2, 0.25) is 5.91 Å². The molecule has 2 aliphatic heterocycles. The summed E-state index contributed by atoms with van der Waals surface area (Å²) in [6, 6.07) is 11.3. The summed E-state index contributed by atoms with van der Waals surface area (Å²) in [5, 5.41) is 0. The number of carbonyl (C=O) groups is 1. The van der Waals surface area contributed by atoms with E-state index in [1.165, 1.54) is 69.2 Å². The summed E-state index contributed by atoms with van der Waals surface area (Å²) in [4.78, 5) is 17.6. The Morgan fingerprint density at radius 3 is 2.27 bits per heavy atom. The summed E-state index contributed by atoms with van der Waals surface area (Å²) in [5.41, 5.74) is 3.15. The number of carbonyl (C=O) groups excluding carboxylic acids is 1. The molecule has 0 bridgehead atoms. The average Bonchev–Trinajstić information content (AvgIpc) is 3.01. The van der Waals surface area contributed by atoms with E-state index < -0.39 is 0 Å². The highest BCUT2D eigenvalue weighted by molar-refractivity contribution is 5.96. The average molecular weight is 453 g/mol. The number of halogens is 2.